The van der Waals surface area contributed by atoms with Crippen LogP contribution in [0.15, 0.2) is 24.3 Å². The van der Waals surface area contributed by atoms with Gasteiger partial charge in [-0.25, -0.2) is 10.2 Å². The zero-order valence-electron chi connectivity index (χ0n) is 10.7. The number of hydrogen-bond donors (Lipinski definition) is 4. The van der Waals surface area contributed by atoms with Gasteiger partial charge in [-0.2, -0.15) is 0 Å². The van der Waals surface area contributed by atoms with E-state index in [4.69, 9.17) is 4.74 Å². The average Bonchev–Trinajstić information content (AvgIpc) is 2.43. The smallest absolute Gasteiger partial charge is 0.319 e. The van der Waals surface area contributed by atoms with Gasteiger partial charge in [0.2, 0.25) is 6.41 Å². The van der Waals surface area contributed by atoms with Crippen LogP contribution in [0.1, 0.15) is 6.42 Å². The molecule has 1 aromatic rings. The second-order valence-corrected chi connectivity index (χ2v) is 3.66. The number of nitrogens with one attached hydrogen (secondary N) is 4. The van der Waals surface area contributed by atoms with Crippen LogP contribution in [0.2, 0.25) is 0 Å². The lowest BCUT2D eigenvalue weighted by atomic mass is 10.3. The normalized spacial score (nSPS) is 9.53. The predicted molar refractivity (Wildman–Crippen MR) is 71.8 cm³/mol. The van der Waals surface area contributed by atoms with Gasteiger partial charge in [-0.05, 0) is 18.6 Å². The monoisotopic (exact) mass is 266 g/mol. The predicted octanol–water partition coefficient (Wildman–Crippen LogP) is 0.457. The molecule has 0 aromatic heterocycles. The minimum absolute atomic E-state index is 0.281. The number of benzene rings is 1. The van der Waals surface area contributed by atoms with E-state index in [2.05, 4.69) is 21.5 Å². The Kier molecular flexibility index (Phi) is 6.81. The van der Waals surface area contributed by atoms with E-state index in [1.54, 1.807) is 31.4 Å². The van der Waals surface area contributed by atoms with E-state index in [0.29, 0.717) is 37.4 Å². The minimum Gasteiger partial charge on any atom is -0.497 e. The molecule has 0 aliphatic rings. The van der Waals surface area contributed by atoms with Gasteiger partial charge in [-0.1, -0.05) is 6.07 Å². The first-order chi connectivity index (χ1) is 9.26. The van der Waals surface area contributed by atoms with Gasteiger partial charge in [0.1, 0.15) is 5.75 Å². The maximum Gasteiger partial charge on any atom is 0.319 e. The molecular formula is C12H18N4O3. The van der Waals surface area contributed by atoms with Crippen LogP contribution in [-0.2, 0) is 4.79 Å². The largest absolute Gasteiger partial charge is 0.497 e. The topological polar surface area (TPSA) is 91.5 Å². The van der Waals surface area contributed by atoms with Crippen LogP contribution in [0, 0.1) is 0 Å². The number of hydrogen-bond acceptors (Lipinski definition) is 4. The highest BCUT2D eigenvalue weighted by molar-refractivity contribution is 5.89. The van der Waals surface area contributed by atoms with E-state index in [9.17, 15) is 9.59 Å². The molecule has 0 unspecified atom stereocenters. The van der Waals surface area contributed by atoms with Crippen molar-refractivity contribution in [2.75, 3.05) is 25.5 Å². The Morgan fingerprint density at radius 2 is 2.21 bits per heavy atom. The molecule has 0 spiro atoms. The van der Waals surface area contributed by atoms with Crippen molar-refractivity contribution in [1.82, 2.24) is 16.2 Å². The van der Waals surface area contributed by atoms with E-state index in [-0.39, 0.29) is 6.03 Å². The molecule has 3 amide bonds. The molecule has 0 saturated heterocycles. The van der Waals surface area contributed by atoms with Crippen molar-refractivity contribution in [3.8, 4) is 5.75 Å². The van der Waals surface area contributed by atoms with Crippen molar-refractivity contribution in [1.29, 1.82) is 0 Å². The first kappa shape index (κ1) is 14.8. The number of amides is 3. The van der Waals surface area contributed by atoms with Crippen LogP contribution >= 0.6 is 0 Å². The van der Waals surface area contributed by atoms with Crippen LogP contribution < -0.4 is 26.2 Å². The molecule has 0 atom stereocenters. The van der Waals surface area contributed by atoms with Crippen molar-refractivity contribution in [2.45, 2.75) is 6.42 Å². The third-order valence-corrected chi connectivity index (χ3v) is 2.25. The van der Waals surface area contributed by atoms with Crippen molar-refractivity contribution >= 4 is 18.1 Å². The summed E-state index contributed by atoms with van der Waals surface area (Å²) in [7, 11) is 1.57. The van der Waals surface area contributed by atoms with Crippen LogP contribution in [0.3, 0.4) is 0 Å². The standard InChI is InChI=1S/C12H18N4O3/c1-19-11-5-2-4-10(8-11)16-12(18)13-6-3-7-14-15-9-17/h2,4-5,8-9,14H,3,6-7H2,1H3,(H,15,17)(H2,13,16,18). The summed E-state index contributed by atoms with van der Waals surface area (Å²) >= 11 is 0. The molecule has 4 N–H and O–H groups in total. The first-order valence-electron chi connectivity index (χ1n) is 5.87. The van der Waals surface area contributed by atoms with E-state index in [1.165, 1.54) is 0 Å². The number of hydrazine groups is 1. The van der Waals surface area contributed by atoms with Gasteiger partial charge >= 0.3 is 6.03 Å². The molecule has 0 fully saturated rings. The summed E-state index contributed by atoms with van der Waals surface area (Å²) in [6.07, 6.45) is 1.26. The third kappa shape index (κ3) is 6.27. The lowest BCUT2D eigenvalue weighted by Crippen LogP contribution is -2.35. The van der Waals surface area contributed by atoms with Crippen molar-refractivity contribution < 1.29 is 14.3 Å². The summed E-state index contributed by atoms with van der Waals surface area (Å²) < 4.78 is 5.06. The molecule has 0 heterocycles. The molecule has 1 rings (SSSR count). The van der Waals surface area contributed by atoms with Gasteiger partial charge in [0.15, 0.2) is 0 Å². The minimum atomic E-state index is -0.281. The lowest BCUT2D eigenvalue weighted by molar-refractivity contribution is -0.110. The van der Waals surface area contributed by atoms with Crippen LogP contribution in [-0.4, -0.2) is 32.6 Å². The highest BCUT2D eigenvalue weighted by Crippen LogP contribution is 2.16. The quantitative estimate of drug-likeness (QED) is 0.312. The lowest BCUT2D eigenvalue weighted by Gasteiger charge is -2.08. The van der Waals surface area contributed by atoms with E-state index in [0.717, 1.165) is 0 Å². The summed E-state index contributed by atoms with van der Waals surface area (Å²) in [6.45, 7) is 1.08. The van der Waals surface area contributed by atoms with Gasteiger partial charge in [-0.15, -0.1) is 0 Å². The highest BCUT2D eigenvalue weighted by Gasteiger charge is 2.01. The Labute approximate surface area is 111 Å². The Hall–Kier alpha value is -2.28. The number of anilines is 1. The summed E-state index contributed by atoms with van der Waals surface area (Å²) in [5.41, 5.74) is 5.65. The highest BCUT2D eigenvalue weighted by atomic mass is 16.5. The molecule has 7 nitrogen and oxygen atoms in total. The van der Waals surface area contributed by atoms with Gasteiger partial charge in [-0.3, -0.25) is 10.2 Å². The van der Waals surface area contributed by atoms with Crippen molar-refractivity contribution in [3.63, 3.8) is 0 Å². The van der Waals surface area contributed by atoms with Gasteiger partial charge in [0, 0.05) is 24.8 Å². The molecule has 104 valence electrons. The molecule has 7 heteroatoms. The van der Waals surface area contributed by atoms with Gasteiger partial charge in [0.05, 0.1) is 7.11 Å². The zero-order valence-corrected chi connectivity index (χ0v) is 10.7. The summed E-state index contributed by atoms with van der Waals surface area (Å²) in [5, 5.41) is 5.40. The molecule has 0 saturated carbocycles. The third-order valence-electron chi connectivity index (χ3n) is 2.25. The van der Waals surface area contributed by atoms with Crippen LogP contribution in [0.4, 0.5) is 10.5 Å². The summed E-state index contributed by atoms with van der Waals surface area (Å²) in [5.74, 6) is 0.682. The fourth-order valence-corrected chi connectivity index (χ4v) is 1.37. The molecule has 19 heavy (non-hydrogen) atoms. The van der Waals surface area contributed by atoms with E-state index in [1.807, 2.05) is 0 Å². The number of carbonyl (C=O) groups excluding carboxylic acids is 2. The molecule has 0 aliphatic carbocycles. The number of ether oxygens (including phenoxy) is 1. The Morgan fingerprint density at radius 1 is 1.37 bits per heavy atom. The van der Waals surface area contributed by atoms with Crippen LogP contribution in [0.25, 0.3) is 0 Å². The molecular weight excluding hydrogens is 248 g/mol. The van der Waals surface area contributed by atoms with Crippen molar-refractivity contribution in [3.05, 3.63) is 24.3 Å². The zero-order chi connectivity index (χ0) is 13.9. The molecule has 1 aromatic carbocycles. The maximum absolute atomic E-state index is 11.5. The number of rotatable bonds is 8. The second-order valence-electron chi connectivity index (χ2n) is 3.66. The number of carbonyl (C=O) groups is 2. The van der Waals surface area contributed by atoms with E-state index < -0.39 is 0 Å². The summed E-state index contributed by atoms with van der Waals surface area (Å²) in [6, 6.07) is 6.82. The Morgan fingerprint density at radius 3 is 2.95 bits per heavy atom. The van der Waals surface area contributed by atoms with Gasteiger partial charge in [0.25, 0.3) is 0 Å². The number of methoxy groups -OCH3 is 1. The molecule has 0 aliphatic heterocycles. The van der Waals surface area contributed by atoms with E-state index >= 15 is 0 Å². The second kappa shape index (κ2) is 8.76. The molecule has 0 bridgehead atoms. The molecule has 0 radical (unpaired) electrons. The van der Waals surface area contributed by atoms with Crippen molar-refractivity contribution in [2.24, 2.45) is 0 Å². The fourth-order valence-electron chi connectivity index (χ4n) is 1.37. The maximum atomic E-state index is 11.5. The SMILES string of the molecule is COc1cccc(NC(=O)NCCCNNC=O)c1. The Balaban J connectivity index is 2.21. The van der Waals surface area contributed by atoms with Crippen LogP contribution in [0.5, 0.6) is 5.75 Å². The Bertz CT molecular complexity index is 412. The van der Waals surface area contributed by atoms with Gasteiger partial charge < -0.3 is 15.4 Å². The summed E-state index contributed by atoms with van der Waals surface area (Å²) in [4.78, 5) is 21.5. The number of urea groups is 1. The fraction of sp³-hybridized carbons (Fsp3) is 0.333. The average molecular weight is 266 g/mol. The first-order valence-corrected chi connectivity index (χ1v) is 5.87.